The lowest BCUT2D eigenvalue weighted by molar-refractivity contribution is -0.134. The van der Waals surface area contributed by atoms with Crippen LogP contribution in [0.4, 0.5) is 5.95 Å². The van der Waals surface area contributed by atoms with Gasteiger partial charge >= 0.3 is 0 Å². The molecule has 2 fully saturated rings. The highest BCUT2D eigenvalue weighted by Gasteiger charge is 2.41. The largest absolute Gasteiger partial charge is 0.481 e. The van der Waals surface area contributed by atoms with Crippen LogP contribution < -0.4 is 14.4 Å². The Morgan fingerprint density at radius 2 is 1.86 bits per heavy atom. The number of hydrogen-bond acceptors (Lipinski definition) is 6. The summed E-state index contributed by atoms with van der Waals surface area (Å²) in [6.45, 7) is 3.51. The third-order valence-corrected chi connectivity index (χ3v) is 4.24. The van der Waals surface area contributed by atoms with Crippen LogP contribution in [0.1, 0.15) is 19.8 Å². The van der Waals surface area contributed by atoms with E-state index in [1.54, 1.807) is 20.3 Å². The molecule has 0 aromatic carbocycles. The molecule has 7 heteroatoms. The normalized spacial score (nSPS) is 25.0. The van der Waals surface area contributed by atoms with Gasteiger partial charge in [-0.05, 0) is 19.8 Å². The van der Waals surface area contributed by atoms with Crippen molar-refractivity contribution in [1.29, 1.82) is 0 Å². The van der Waals surface area contributed by atoms with Crippen molar-refractivity contribution < 1.29 is 14.3 Å². The smallest absolute Gasteiger partial charge is 0.245 e. The molecule has 0 bridgehead atoms. The second-order valence-corrected chi connectivity index (χ2v) is 5.41. The Hall–Kier alpha value is -2.05. The Kier molecular flexibility index (Phi) is 3.57. The molecule has 0 spiro atoms. The fourth-order valence-corrected chi connectivity index (χ4v) is 3.06. The van der Waals surface area contributed by atoms with E-state index in [9.17, 15) is 4.79 Å². The van der Waals surface area contributed by atoms with Gasteiger partial charge in [-0.3, -0.25) is 4.79 Å². The second-order valence-electron chi connectivity index (χ2n) is 5.41. The van der Waals surface area contributed by atoms with Gasteiger partial charge in [-0.15, -0.1) is 0 Å². The van der Waals surface area contributed by atoms with Gasteiger partial charge in [0.25, 0.3) is 0 Å². The van der Waals surface area contributed by atoms with Crippen molar-refractivity contribution in [3.8, 4) is 11.8 Å². The maximum absolute atomic E-state index is 12.5. The van der Waals surface area contributed by atoms with Gasteiger partial charge < -0.3 is 19.3 Å². The zero-order chi connectivity index (χ0) is 15.0. The number of nitrogens with zero attached hydrogens (tertiary/aromatic N) is 4. The van der Waals surface area contributed by atoms with Gasteiger partial charge in [0.2, 0.25) is 23.6 Å². The van der Waals surface area contributed by atoms with Crippen LogP contribution in [-0.2, 0) is 4.79 Å². The summed E-state index contributed by atoms with van der Waals surface area (Å²) in [5.41, 5.74) is 0. The van der Waals surface area contributed by atoms with E-state index >= 15 is 0 Å². The van der Waals surface area contributed by atoms with Gasteiger partial charge in [0.05, 0.1) is 20.3 Å². The van der Waals surface area contributed by atoms with Crippen LogP contribution in [0.5, 0.6) is 11.8 Å². The fourth-order valence-electron chi connectivity index (χ4n) is 3.06. The molecule has 0 aliphatic carbocycles. The fraction of sp³-hybridized carbons (Fsp3) is 0.643. The molecule has 2 saturated heterocycles. The predicted molar refractivity (Wildman–Crippen MR) is 76.7 cm³/mol. The van der Waals surface area contributed by atoms with E-state index in [0.717, 1.165) is 25.9 Å². The van der Waals surface area contributed by atoms with Crippen molar-refractivity contribution in [3.05, 3.63) is 6.07 Å². The Labute approximate surface area is 123 Å². The predicted octanol–water partition coefficient (Wildman–Crippen LogP) is 0.693. The molecule has 0 N–H and O–H groups in total. The Bertz CT molecular complexity index is 529. The molecule has 3 heterocycles. The zero-order valence-corrected chi connectivity index (χ0v) is 12.6. The van der Waals surface area contributed by atoms with Crippen LogP contribution in [0.3, 0.4) is 0 Å². The van der Waals surface area contributed by atoms with Crippen molar-refractivity contribution in [2.45, 2.75) is 31.8 Å². The minimum Gasteiger partial charge on any atom is -0.481 e. The van der Waals surface area contributed by atoms with Crippen LogP contribution in [0.15, 0.2) is 6.07 Å². The van der Waals surface area contributed by atoms with Crippen molar-refractivity contribution in [2.75, 3.05) is 32.2 Å². The number of hydrogen-bond donors (Lipinski definition) is 0. The lowest BCUT2D eigenvalue weighted by atomic mass is 10.1. The molecule has 2 atom stereocenters. The zero-order valence-electron chi connectivity index (χ0n) is 12.6. The number of ether oxygens (including phenoxy) is 2. The first-order valence-electron chi connectivity index (χ1n) is 7.18. The molecule has 7 nitrogen and oxygen atoms in total. The first-order valence-corrected chi connectivity index (χ1v) is 7.18. The number of anilines is 1. The maximum Gasteiger partial charge on any atom is 0.245 e. The molecule has 0 saturated carbocycles. The third kappa shape index (κ3) is 2.36. The average Bonchev–Trinajstić information content (AvgIpc) is 2.98. The Morgan fingerprint density at radius 3 is 2.48 bits per heavy atom. The number of fused-ring (bicyclic) bond motifs is 1. The first-order chi connectivity index (χ1) is 10.1. The van der Waals surface area contributed by atoms with Gasteiger partial charge in [-0.25, -0.2) is 0 Å². The summed E-state index contributed by atoms with van der Waals surface area (Å²) in [6, 6.07) is 1.62. The quantitative estimate of drug-likeness (QED) is 0.816. The molecule has 2 aliphatic heterocycles. The van der Waals surface area contributed by atoms with Crippen LogP contribution in [0.2, 0.25) is 0 Å². The molecule has 1 amide bonds. The minimum absolute atomic E-state index is 0.147. The summed E-state index contributed by atoms with van der Waals surface area (Å²) in [7, 11) is 3.10. The van der Waals surface area contributed by atoms with Crippen molar-refractivity contribution >= 4 is 11.9 Å². The number of methoxy groups -OCH3 is 2. The SMILES string of the molecule is COc1cc(OC)nc(N2C[C@@H]3CCCN3C(=O)[C@@H]2C)n1. The first kappa shape index (κ1) is 13.9. The molecule has 3 rings (SSSR count). The highest BCUT2D eigenvalue weighted by atomic mass is 16.5. The van der Waals surface area contributed by atoms with E-state index < -0.39 is 0 Å². The summed E-state index contributed by atoms with van der Waals surface area (Å²) in [5, 5.41) is 0. The third-order valence-electron chi connectivity index (χ3n) is 4.24. The molecule has 0 radical (unpaired) electrons. The molecule has 114 valence electrons. The highest BCUT2D eigenvalue weighted by molar-refractivity contribution is 5.86. The van der Waals surface area contributed by atoms with Crippen LogP contribution in [-0.4, -0.2) is 60.2 Å². The number of rotatable bonds is 3. The monoisotopic (exact) mass is 292 g/mol. The summed E-state index contributed by atoms with van der Waals surface area (Å²) in [6.07, 6.45) is 2.11. The number of piperazine rings is 1. The molecular formula is C14H20N4O3. The van der Waals surface area contributed by atoms with E-state index in [0.29, 0.717) is 17.7 Å². The summed E-state index contributed by atoms with van der Waals surface area (Å²) in [5.74, 6) is 1.50. The molecule has 1 aromatic heterocycles. The summed E-state index contributed by atoms with van der Waals surface area (Å²) < 4.78 is 10.4. The molecular weight excluding hydrogens is 272 g/mol. The van der Waals surface area contributed by atoms with E-state index in [2.05, 4.69) is 9.97 Å². The number of aromatic nitrogens is 2. The standard InChI is InChI=1S/C14H20N4O3/c1-9-13(19)17-6-4-5-10(17)8-18(9)14-15-11(20-2)7-12(16-14)21-3/h7,9-10H,4-6,8H2,1-3H3/t9-,10-/m0/s1. The van der Waals surface area contributed by atoms with Crippen molar-refractivity contribution in [3.63, 3.8) is 0 Å². The Morgan fingerprint density at radius 1 is 1.19 bits per heavy atom. The van der Waals surface area contributed by atoms with Gasteiger partial charge in [0.15, 0.2) is 0 Å². The van der Waals surface area contributed by atoms with E-state index in [-0.39, 0.29) is 18.0 Å². The van der Waals surface area contributed by atoms with E-state index in [1.807, 2.05) is 16.7 Å². The van der Waals surface area contributed by atoms with Gasteiger partial charge in [-0.2, -0.15) is 9.97 Å². The summed E-state index contributed by atoms with van der Waals surface area (Å²) in [4.78, 5) is 25.1. The number of carbonyl (C=O) groups excluding carboxylic acids is 1. The lowest BCUT2D eigenvalue weighted by Crippen LogP contribution is -2.59. The topological polar surface area (TPSA) is 67.8 Å². The molecule has 1 aromatic rings. The molecule has 2 aliphatic rings. The number of carbonyl (C=O) groups is 1. The van der Waals surface area contributed by atoms with Crippen LogP contribution >= 0.6 is 0 Å². The van der Waals surface area contributed by atoms with Gasteiger partial charge in [-0.1, -0.05) is 0 Å². The van der Waals surface area contributed by atoms with Gasteiger partial charge in [0, 0.05) is 19.1 Å². The molecule has 0 unspecified atom stereocenters. The van der Waals surface area contributed by atoms with Crippen LogP contribution in [0, 0.1) is 0 Å². The summed E-state index contributed by atoms with van der Waals surface area (Å²) >= 11 is 0. The minimum atomic E-state index is -0.267. The number of amides is 1. The van der Waals surface area contributed by atoms with E-state index in [4.69, 9.17) is 9.47 Å². The Balaban J connectivity index is 1.93. The maximum atomic E-state index is 12.5. The van der Waals surface area contributed by atoms with E-state index in [1.165, 1.54) is 0 Å². The second kappa shape index (κ2) is 5.38. The van der Waals surface area contributed by atoms with Crippen LogP contribution in [0.25, 0.3) is 0 Å². The average molecular weight is 292 g/mol. The highest BCUT2D eigenvalue weighted by Crippen LogP contribution is 2.29. The van der Waals surface area contributed by atoms with Crippen molar-refractivity contribution in [1.82, 2.24) is 14.9 Å². The molecule has 21 heavy (non-hydrogen) atoms. The lowest BCUT2D eigenvalue weighted by Gasteiger charge is -2.41. The van der Waals surface area contributed by atoms with Crippen molar-refractivity contribution in [2.24, 2.45) is 0 Å². The van der Waals surface area contributed by atoms with Gasteiger partial charge in [0.1, 0.15) is 6.04 Å².